The van der Waals surface area contributed by atoms with Crippen LogP contribution >= 0.6 is 0 Å². The molecule has 102 valence electrons. The molecule has 0 spiro atoms. The first-order valence-corrected chi connectivity index (χ1v) is 6.03. The summed E-state index contributed by atoms with van der Waals surface area (Å²) in [6, 6.07) is 0. The summed E-state index contributed by atoms with van der Waals surface area (Å²) >= 11 is 0. The lowest BCUT2D eigenvalue weighted by Gasteiger charge is -2.60. The number of halogens is 6. The van der Waals surface area contributed by atoms with Crippen molar-refractivity contribution in [3.05, 3.63) is 35.5 Å². The number of allylic oxidation sites excluding steroid dienone is 6. The van der Waals surface area contributed by atoms with Gasteiger partial charge in [0.25, 0.3) is 0 Å². The van der Waals surface area contributed by atoms with Gasteiger partial charge in [0.05, 0.1) is 0 Å². The Labute approximate surface area is 104 Å². The first-order valence-electron chi connectivity index (χ1n) is 6.03. The Morgan fingerprint density at radius 2 is 1.16 bits per heavy atom. The van der Waals surface area contributed by atoms with Gasteiger partial charge in [0.15, 0.2) is 23.3 Å². The molecule has 4 aliphatic carbocycles. The van der Waals surface area contributed by atoms with Crippen molar-refractivity contribution in [2.45, 2.75) is 17.8 Å². The van der Waals surface area contributed by atoms with Crippen LogP contribution in [0.4, 0.5) is 26.3 Å². The van der Waals surface area contributed by atoms with E-state index in [2.05, 4.69) is 0 Å². The van der Waals surface area contributed by atoms with Crippen molar-refractivity contribution in [2.75, 3.05) is 0 Å². The molecule has 6 heteroatoms. The SMILES string of the molecule is FC1=C(F)[C@@]2(F)[C@H]3[C@H]([C@@H]4C=C[C@H]3C4)[C@@]2(F)C(F)=C1F. The average Bonchev–Trinajstić information content (AvgIpc) is 3.00. The second-order valence-corrected chi connectivity index (χ2v) is 5.68. The average molecular weight is 278 g/mol. The van der Waals surface area contributed by atoms with Gasteiger partial charge < -0.3 is 0 Å². The lowest BCUT2D eigenvalue weighted by atomic mass is 9.47. The maximum absolute atomic E-state index is 14.7. The van der Waals surface area contributed by atoms with Crippen LogP contribution in [0.2, 0.25) is 0 Å². The second kappa shape index (κ2) is 2.94. The van der Waals surface area contributed by atoms with Crippen LogP contribution < -0.4 is 0 Å². The zero-order valence-corrected chi connectivity index (χ0v) is 9.44. The van der Waals surface area contributed by atoms with Gasteiger partial charge in [-0.2, -0.15) is 0 Å². The molecular formula is C13H8F6. The van der Waals surface area contributed by atoms with E-state index in [1.807, 2.05) is 0 Å². The number of hydrogen-bond acceptors (Lipinski definition) is 0. The van der Waals surface area contributed by atoms with Gasteiger partial charge in [-0.25, -0.2) is 26.3 Å². The van der Waals surface area contributed by atoms with Gasteiger partial charge in [0, 0.05) is 11.8 Å². The van der Waals surface area contributed by atoms with Crippen LogP contribution in [0.25, 0.3) is 0 Å². The molecule has 0 N–H and O–H groups in total. The molecule has 2 bridgehead atoms. The van der Waals surface area contributed by atoms with E-state index in [0.29, 0.717) is 6.42 Å². The molecule has 6 atom stereocenters. The lowest BCUT2D eigenvalue weighted by molar-refractivity contribution is -0.213. The van der Waals surface area contributed by atoms with Gasteiger partial charge in [0.1, 0.15) is 0 Å². The zero-order valence-electron chi connectivity index (χ0n) is 9.44. The predicted molar refractivity (Wildman–Crippen MR) is 53.9 cm³/mol. The van der Waals surface area contributed by atoms with E-state index in [0.717, 1.165) is 0 Å². The summed E-state index contributed by atoms with van der Waals surface area (Å²) in [5, 5.41) is 0. The van der Waals surface area contributed by atoms with Gasteiger partial charge in [-0.1, -0.05) is 12.2 Å². The molecule has 0 aromatic heterocycles. The third-order valence-corrected chi connectivity index (χ3v) is 5.12. The number of hydrogen-bond donors (Lipinski definition) is 0. The predicted octanol–water partition coefficient (Wildman–Crippen LogP) is 4.17. The third-order valence-electron chi connectivity index (χ3n) is 5.12. The van der Waals surface area contributed by atoms with Gasteiger partial charge in [0.2, 0.25) is 11.3 Å². The quantitative estimate of drug-likeness (QED) is 0.461. The van der Waals surface area contributed by atoms with Crippen LogP contribution in [0.15, 0.2) is 35.5 Å². The Hall–Kier alpha value is -1.20. The molecule has 0 amide bonds. The van der Waals surface area contributed by atoms with E-state index in [1.54, 1.807) is 12.2 Å². The highest BCUT2D eigenvalue weighted by Crippen LogP contribution is 2.76. The van der Waals surface area contributed by atoms with Crippen LogP contribution in [-0.4, -0.2) is 11.3 Å². The molecule has 0 saturated heterocycles. The molecule has 4 aliphatic rings. The first-order chi connectivity index (χ1) is 8.85. The highest BCUT2D eigenvalue weighted by molar-refractivity contribution is 5.53. The fourth-order valence-corrected chi connectivity index (χ4v) is 4.42. The highest BCUT2D eigenvalue weighted by Gasteiger charge is 2.86. The summed E-state index contributed by atoms with van der Waals surface area (Å²) < 4.78 is 83.2. The molecule has 2 saturated carbocycles. The highest BCUT2D eigenvalue weighted by atomic mass is 19.2. The van der Waals surface area contributed by atoms with Crippen LogP contribution in [0.3, 0.4) is 0 Å². The molecule has 0 aromatic carbocycles. The lowest BCUT2D eigenvalue weighted by Crippen LogP contribution is -2.73. The second-order valence-electron chi connectivity index (χ2n) is 5.68. The van der Waals surface area contributed by atoms with Crippen molar-refractivity contribution in [3.8, 4) is 0 Å². The van der Waals surface area contributed by atoms with Gasteiger partial charge in [-0.3, -0.25) is 0 Å². The Balaban J connectivity index is 1.97. The van der Waals surface area contributed by atoms with Crippen LogP contribution in [-0.2, 0) is 0 Å². The largest absolute Gasteiger partial charge is 0.232 e. The topological polar surface area (TPSA) is 0 Å². The van der Waals surface area contributed by atoms with Crippen molar-refractivity contribution in [1.82, 2.24) is 0 Å². The van der Waals surface area contributed by atoms with Crippen molar-refractivity contribution >= 4 is 0 Å². The zero-order chi connectivity index (χ0) is 13.7. The summed E-state index contributed by atoms with van der Waals surface area (Å²) in [5.74, 6) is -12.0. The fraction of sp³-hybridized carbons (Fsp3) is 0.538. The molecular weight excluding hydrogens is 270 g/mol. The molecule has 19 heavy (non-hydrogen) atoms. The van der Waals surface area contributed by atoms with E-state index in [1.165, 1.54) is 0 Å². The maximum atomic E-state index is 14.7. The molecule has 0 heterocycles. The summed E-state index contributed by atoms with van der Waals surface area (Å²) in [6.07, 6.45) is 3.60. The normalized spacial score (nSPS) is 54.4. The molecule has 0 nitrogen and oxygen atoms in total. The van der Waals surface area contributed by atoms with Crippen molar-refractivity contribution in [2.24, 2.45) is 23.7 Å². The number of alkyl halides is 2. The number of fused-ring (bicyclic) bond motifs is 8. The summed E-state index contributed by atoms with van der Waals surface area (Å²) in [7, 11) is 0. The minimum Gasteiger partial charge on any atom is -0.232 e. The summed E-state index contributed by atoms with van der Waals surface area (Å²) in [4.78, 5) is 0. The summed E-state index contributed by atoms with van der Waals surface area (Å²) in [5.41, 5.74) is -6.82. The van der Waals surface area contributed by atoms with Crippen LogP contribution in [0.1, 0.15) is 6.42 Å². The van der Waals surface area contributed by atoms with E-state index < -0.39 is 58.3 Å². The Kier molecular flexibility index (Phi) is 1.79. The maximum Gasteiger partial charge on any atom is 0.209 e. The number of rotatable bonds is 0. The summed E-state index contributed by atoms with van der Waals surface area (Å²) in [6.45, 7) is 0. The molecule has 0 unspecified atom stereocenters. The Bertz CT molecular complexity index is 540. The van der Waals surface area contributed by atoms with E-state index >= 15 is 0 Å². The van der Waals surface area contributed by atoms with E-state index in [4.69, 9.17) is 0 Å². The Morgan fingerprint density at radius 3 is 1.53 bits per heavy atom. The van der Waals surface area contributed by atoms with E-state index in [-0.39, 0.29) is 0 Å². The van der Waals surface area contributed by atoms with E-state index in [9.17, 15) is 26.3 Å². The van der Waals surface area contributed by atoms with Gasteiger partial charge in [-0.15, -0.1) is 0 Å². The van der Waals surface area contributed by atoms with Crippen LogP contribution in [0.5, 0.6) is 0 Å². The minimum atomic E-state index is -3.41. The van der Waals surface area contributed by atoms with Crippen LogP contribution in [0, 0.1) is 23.7 Å². The third kappa shape index (κ3) is 0.876. The Morgan fingerprint density at radius 1 is 0.789 bits per heavy atom. The van der Waals surface area contributed by atoms with Gasteiger partial charge >= 0.3 is 0 Å². The monoisotopic (exact) mass is 278 g/mol. The molecule has 4 rings (SSSR count). The standard InChI is InChI=1S/C13H8F6/c14-8-9(15)11(17)13(19)7-5-2-1-4(3-5)6(7)12(13,18)10(8)16/h1-2,4-7H,3H2/t4-,5+,6+,7-,12-,13+. The molecule has 0 aromatic rings. The first kappa shape index (κ1) is 11.6. The van der Waals surface area contributed by atoms with Gasteiger partial charge in [-0.05, 0) is 18.3 Å². The molecule has 0 aliphatic heterocycles. The van der Waals surface area contributed by atoms with Crippen molar-refractivity contribution < 1.29 is 26.3 Å². The minimum absolute atomic E-state index is 0.371. The molecule has 2 fully saturated rings. The fourth-order valence-electron chi connectivity index (χ4n) is 4.42. The smallest absolute Gasteiger partial charge is 0.209 e. The van der Waals surface area contributed by atoms with Crippen molar-refractivity contribution in [1.29, 1.82) is 0 Å². The molecule has 0 radical (unpaired) electrons. The van der Waals surface area contributed by atoms with Crippen molar-refractivity contribution in [3.63, 3.8) is 0 Å².